The molecule has 0 aliphatic carbocycles. The third kappa shape index (κ3) is 2.56. The van der Waals surface area contributed by atoms with E-state index in [0.717, 1.165) is 5.69 Å². The maximum absolute atomic E-state index is 5.86. The molecule has 0 radical (unpaired) electrons. The normalized spacial score (nSPS) is 12.4. The van der Waals surface area contributed by atoms with E-state index in [1.807, 2.05) is 12.1 Å². The first-order chi connectivity index (χ1) is 8.61. The first-order valence-electron chi connectivity index (χ1n) is 6.58. The Bertz CT molecular complexity index is 526. The highest BCUT2D eigenvalue weighted by atomic mass is 14.5. The standard InChI is InChI=1S/C17H21N/c1-4-12(2)14-6-8-15(9-7-14)17-11-16(18)10-5-13(17)3/h5-12H,4,18H2,1-3H3. The molecule has 1 atom stereocenters. The van der Waals surface area contributed by atoms with Crippen LogP contribution < -0.4 is 5.73 Å². The van der Waals surface area contributed by atoms with E-state index >= 15 is 0 Å². The lowest BCUT2D eigenvalue weighted by Crippen LogP contribution is -1.92. The summed E-state index contributed by atoms with van der Waals surface area (Å²) >= 11 is 0. The van der Waals surface area contributed by atoms with Crippen molar-refractivity contribution in [2.45, 2.75) is 33.1 Å². The van der Waals surface area contributed by atoms with Crippen molar-refractivity contribution < 1.29 is 0 Å². The Morgan fingerprint density at radius 3 is 2.33 bits per heavy atom. The van der Waals surface area contributed by atoms with Crippen molar-refractivity contribution in [2.24, 2.45) is 0 Å². The van der Waals surface area contributed by atoms with Crippen molar-refractivity contribution in [3.63, 3.8) is 0 Å². The van der Waals surface area contributed by atoms with Gasteiger partial charge in [0.15, 0.2) is 0 Å². The average molecular weight is 239 g/mol. The Labute approximate surface area is 110 Å². The van der Waals surface area contributed by atoms with Crippen LogP contribution in [0.3, 0.4) is 0 Å². The molecular formula is C17H21N. The molecule has 2 aromatic carbocycles. The van der Waals surface area contributed by atoms with Crippen molar-refractivity contribution in [2.75, 3.05) is 5.73 Å². The van der Waals surface area contributed by atoms with E-state index in [4.69, 9.17) is 5.73 Å². The van der Waals surface area contributed by atoms with Gasteiger partial charge in [0.1, 0.15) is 0 Å². The quantitative estimate of drug-likeness (QED) is 0.768. The second-order valence-corrected chi connectivity index (χ2v) is 5.01. The lowest BCUT2D eigenvalue weighted by Gasteiger charge is -2.11. The summed E-state index contributed by atoms with van der Waals surface area (Å²) in [6.45, 7) is 6.61. The Morgan fingerprint density at radius 1 is 1.06 bits per heavy atom. The molecule has 1 nitrogen and oxygen atoms in total. The predicted molar refractivity (Wildman–Crippen MR) is 79.7 cm³/mol. The smallest absolute Gasteiger partial charge is 0.0320 e. The van der Waals surface area contributed by atoms with Crippen LogP contribution in [0.25, 0.3) is 11.1 Å². The summed E-state index contributed by atoms with van der Waals surface area (Å²) in [6.07, 6.45) is 1.18. The summed E-state index contributed by atoms with van der Waals surface area (Å²) in [4.78, 5) is 0. The van der Waals surface area contributed by atoms with E-state index in [0.29, 0.717) is 5.92 Å². The molecule has 0 spiro atoms. The van der Waals surface area contributed by atoms with E-state index in [2.05, 4.69) is 51.1 Å². The van der Waals surface area contributed by atoms with Gasteiger partial charge in [-0.05, 0) is 53.6 Å². The SMILES string of the molecule is CCC(C)c1ccc(-c2cc(N)ccc2C)cc1. The summed E-state index contributed by atoms with van der Waals surface area (Å²) in [7, 11) is 0. The van der Waals surface area contributed by atoms with Crippen LogP contribution in [0, 0.1) is 6.92 Å². The molecule has 94 valence electrons. The number of nitrogens with two attached hydrogens (primary N) is 1. The molecular weight excluding hydrogens is 218 g/mol. The molecule has 0 aliphatic rings. The lowest BCUT2D eigenvalue weighted by atomic mass is 9.94. The predicted octanol–water partition coefficient (Wildman–Crippen LogP) is 4.76. The van der Waals surface area contributed by atoms with Gasteiger partial charge < -0.3 is 5.73 Å². The topological polar surface area (TPSA) is 26.0 Å². The minimum absolute atomic E-state index is 0.626. The maximum Gasteiger partial charge on any atom is 0.0320 e. The van der Waals surface area contributed by atoms with Crippen molar-refractivity contribution in [1.82, 2.24) is 0 Å². The Balaban J connectivity index is 2.37. The van der Waals surface area contributed by atoms with Gasteiger partial charge in [0.2, 0.25) is 0 Å². The zero-order valence-corrected chi connectivity index (χ0v) is 11.4. The minimum Gasteiger partial charge on any atom is -0.399 e. The van der Waals surface area contributed by atoms with Gasteiger partial charge >= 0.3 is 0 Å². The number of nitrogen functional groups attached to an aromatic ring is 1. The third-order valence-corrected chi connectivity index (χ3v) is 3.66. The number of hydrogen-bond acceptors (Lipinski definition) is 1. The highest BCUT2D eigenvalue weighted by Gasteiger charge is 2.05. The van der Waals surface area contributed by atoms with Gasteiger partial charge in [0.05, 0.1) is 0 Å². The fraction of sp³-hybridized carbons (Fsp3) is 0.294. The molecule has 0 amide bonds. The molecule has 0 aliphatic heterocycles. The van der Waals surface area contributed by atoms with Gasteiger partial charge in [-0.15, -0.1) is 0 Å². The molecule has 0 aromatic heterocycles. The maximum atomic E-state index is 5.86. The van der Waals surface area contributed by atoms with E-state index in [1.165, 1.54) is 28.7 Å². The molecule has 1 heteroatoms. The molecule has 0 saturated heterocycles. The summed E-state index contributed by atoms with van der Waals surface area (Å²) in [5, 5.41) is 0. The summed E-state index contributed by atoms with van der Waals surface area (Å²) < 4.78 is 0. The molecule has 0 heterocycles. The van der Waals surface area contributed by atoms with Crippen LogP contribution in [0.1, 0.15) is 37.3 Å². The Morgan fingerprint density at radius 2 is 1.72 bits per heavy atom. The lowest BCUT2D eigenvalue weighted by molar-refractivity contribution is 0.734. The molecule has 18 heavy (non-hydrogen) atoms. The number of hydrogen-bond donors (Lipinski definition) is 1. The second kappa shape index (κ2) is 5.26. The second-order valence-electron chi connectivity index (χ2n) is 5.01. The third-order valence-electron chi connectivity index (χ3n) is 3.66. The molecule has 1 unspecified atom stereocenters. The molecule has 2 rings (SSSR count). The summed E-state index contributed by atoms with van der Waals surface area (Å²) in [5.41, 5.74) is 11.8. The monoisotopic (exact) mass is 239 g/mol. The van der Waals surface area contributed by atoms with Gasteiger partial charge in [0, 0.05) is 5.69 Å². The molecule has 0 fully saturated rings. The number of benzene rings is 2. The van der Waals surface area contributed by atoms with Crippen molar-refractivity contribution in [1.29, 1.82) is 0 Å². The van der Waals surface area contributed by atoms with Gasteiger partial charge in [0.25, 0.3) is 0 Å². The van der Waals surface area contributed by atoms with Gasteiger partial charge in [-0.2, -0.15) is 0 Å². The first-order valence-corrected chi connectivity index (χ1v) is 6.58. The number of rotatable bonds is 3. The van der Waals surface area contributed by atoms with Crippen LogP contribution in [0.2, 0.25) is 0 Å². The molecule has 0 bridgehead atoms. The van der Waals surface area contributed by atoms with Gasteiger partial charge in [-0.3, -0.25) is 0 Å². The Kier molecular flexibility index (Phi) is 3.71. The Hall–Kier alpha value is -1.76. The molecule has 2 aromatic rings. The first kappa shape index (κ1) is 12.7. The average Bonchev–Trinajstić information content (AvgIpc) is 2.41. The van der Waals surface area contributed by atoms with E-state index < -0.39 is 0 Å². The number of aryl methyl sites for hydroxylation is 1. The largest absolute Gasteiger partial charge is 0.399 e. The van der Waals surface area contributed by atoms with Crippen molar-refractivity contribution >= 4 is 5.69 Å². The molecule has 2 N–H and O–H groups in total. The zero-order chi connectivity index (χ0) is 13.1. The van der Waals surface area contributed by atoms with E-state index in [1.54, 1.807) is 0 Å². The fourth-order valence-electron chi connectivity index (χ4n) is 2.18. The van der Waals surface area contributed by atoms with E-state index in [9.17, 15) is 0 Å². The summed E-state index contributed by atoms with van der Waals surface area (Å²) in [6, 6.07) is 14.9. The van der Waals surface area contributed by atoms with Crippen LogP contribution in [0.4, 0.5) is 5.69 Å². The summed E-state index contributed by atoms with van der Waals surface area (Å²) in [5.74, 6) is 0.626. The highest BCUT2D eigenvalue weighted by Crippen LogP contribution is 2.27. The zero-order valence-electron chi connectivity index (χ0n) is 11.4. The minimum atomic E-state index is 0.626. The number of anilines is 1. The van der Waals surface area contributed by atoms with Crippen LogP contribution in [0.15, 0.2) is 42.5 Å². The fourth-order valence-corrected chi connectivity index (χ4v) is 2.18. The van der Waals surface area contributed by atoms with Crippen LogP contribution >= 0.6 is 0 Å². The van der Waals surface area contributed by atoms with Crippen molar-refractivity contribution in [3.8, 4) is 11.1 Å². The van der Waals surface area contributed by atoms with Gasteiger partial charge in [-0.25, -0.2) is 0 Å². The molecule has 0 saturated carbocycles. The highest BCUT2D eigenvalue weighted by molar-refractivity contribution is 5.71. The van der Waals surface area contributed by atoms with Crippen molar-refractivity contribution in [3.05, 3.63) is 53.6 Å². The van der Waals surface area contributed by atoms with Crippen LogP contribution in [-0.2, 0) is 0 Å². The van der Waals surface area contributed by atoms with E-state index in [-0.39, 0.29) is 0 Å². The van der Waals surface area contributed by atoms with Gasteiger partial charge in [-0.1, -0.05) is 44.2 Å². The van der Waals surface area contributed by atoms with Crippen LogP contribution in [0.5, 0.6) is 0 Å². The van der Waals surface area contributed by atoms with Crippen LogP contribution in [-0.4, -0.2) is 0 Å².